The van der Waals surface area contributed by atoms with Crippen LogP contribution in [0.1, 0.15) is 12.5 Å². The van der Waals surface area contributed by atoms with Gasteiger partial charge >= 0.3 is 0 Å². The number of hydrogen-bond acceptors (Lipinski definition) is 5. The van der Waals surface area contributed by atoms with Gasteiger partial charge in [-0.05, 0) is 30.5 Å². The standard InChI is InChI=1S/C21H20N4O/c1-15-13-24-9-10-25(15)20-4-2-3-16-5-6-18(11-19(16)20)26-21-7-8-23-14-17(21)12-22/h2-8,11,14-15,24H,9-10,13H2,1H3. The van der Waals surface area contributed by atoms with Gasteiger partial charge in [0, 0.05) is 55.2 Å². The summed E-state index contributed by atoms with van der Waals surface area (Å²) in [6.45, 7) is 5.18. The summed E-state index contributed by atoms with van der Waals surface area (Å²) in [5.74, 6) is 1.24. The maximum atomic E-state index is 9.23. The van der Waals surface area contributed by atoms with Crippen LogP contribution in [0.25, 0.3) is 10.8 Å². The number of hydrogen-bond donors (Lipinski definition) is 1. The molecule has 0 amide bonds. The molecular weight excluding hydrogens is 324 g/mol. The first-order valence-electron chi connectivity index (χ1n) is 8.78. The van der Waals surface area contributed by atoms with Gasteiger partial charge in [0.25, 0.3) is 0 Å². The largest absolute Gasteiger partial charge is 0.456 e. The number of nitriles is 1. The second-order valence-corrected chi connectivity index (χ2v) is 6.49. The predicted octanol–water partition coefficient (Wildman–Crippen LogP) is 3.70. The van der Waals surface area contributed by atoms with Crippen molar-refractivity contribution in [3.8, 4) is 17.6 Å². The van der Waals surface area contributed by atoms with Crippen molar-refractivity contribution in [2.75, 3.05) is 24.5 Å². The Morgan fingerprint density at radius 3 is 3.04 bits per heavy atom. The fourth-order valence-corrected chi connectivity index (χ4v) is 3.43. The van der Waals surface area contributed by atoms with E-state index in [-0.39, 0.29) is 0 Å². The third-order valence-electron chi connectivity index (χ3n) is 4.77. The van der Waals surface area contributed by atoms with E-state index < -0.39 is 0 Å². The fraction of sp³-hybridized carbons (Fsp3) is 0.238. The molecule has 1 aliphatic heterocycles. The Labute approximate surface area is 152 Å². The number of ether oxygens (including phenoxy) is 1. The van der Waals surface area contributed by atoms with E-state index >= 15 is 0 Å². The van der Waals surface area contributed by atoms with Crippen molar-refractivity contribution in [3.05, 3.63) is 60.4 Å². The third-order valence-corrected chi connectivity index (χ3v) is 4.77. The second kappa shape index (κ2) is 7.03. The van der Waals surface area contributed by atoms with E-state index in [1.54, 1.807) is 12.3 Å². The SMILES string of the molecule is CC1CNCCN1c1cccc2ccc(Oc3ccncc3C#N)cc12. The Kier molecular flexibility index (Phi) is 4.42. The zero-order valence-electron chi connectivity index (χ0n) is 14.6. The van der Waals surface area contributed by atoms with Crippen LogP contribution in [-0.2, 0) is 0 Å². The molecule has 26 heavy (non-hydrogen) atoms. The van der Waals surface area contributed by atoms with E-state index in [0.29, 0.717) is 17.4 Å². The van der Waals surface area contributed by atoms with Gasteiger partial charge in [-0.1, -0.05) is 18.2 Å². The van der Waals surface area contributed by atoms with Gasteiger partial charge in [0.15, 0.2) is 0 Å². The van der Waals surface area contributed by atoms with Gasteiger partial charge in [-0.25, -0.2) is 0 Å². The van der Waals surface area contributed by atoms with E-state index in [1.165, 1.54) is 17.3 Å². The zero-order valence-corrected chi connectivity index (χ0v) is 14.6. The number of piperazine rings is 1. The number of fused-ring (bicyclic) bond motifs is 1. The minimum atomic E-state index is 0.427. The summed E-state index contributed by atoms with van der Waals surface area (Å²) >= 11 is 0. The molecule has 1 fully saturated rings. The highest BCUT2D eigenvalue weighted by molar-refractivity contribution is 5.95. The summed E-state index contributed by atoms with van der Waals surface area (Å²) in [5.41, 5.74) is 1.65. The molecule has 1 aliphatic rings. The molecule has 4 rings (SSSR count). The predicted molar refractivity (Wildman–Crippen MR) is 103 cm³/mol. The summed E-state index contributed by atoms with van der Waals surface area (Å²) in [4.78, 5) is 6.42. The molecule has 2 aromatic carbocycles. The number of rotatable bonds is 3. The van der Waals surface area contributed by atoms with Crippen LogP contribution in [0.15, 0.2) is 54.9 Å². The first kappa shape index (κ1) is 16.4. The Hall–Kier alpha value is -3.10. The molecule has 1 atom stereocenters. The van der Waals surface area contributed by atoms with Gasteiger partial charge in [0.1, 0.15) is 23.1 Å². The van der Waals surface area contributed by atoms with Crippen LogP contribution in [0.5, 0.6) is 11.5 Å². The minimum Gasteiger partial charge on any atom is -0.456 e. The number of benzene rings is 2. The minimum absolute atomic E-state index is 0.427. The van der Waals surface area contributed by atoms with Crippen LogP contribution in [0, 0.1) is 11.3 Å². The third kappa shape index (κ3) is 3.07. The first-order valence-corrected chi connectivity index (χ1v) is 8.78. The molecule has 1 unspecified atom stereocenters. The molecule has 1 aromatic heterocycles. The molecule has 0 aliphatic carbocycles. The lowest BCUT2D eigenvalue weighted by Crippen LogP contribution is -2.50. The summed E-state index contributed by atoms with van der Waals surface area (Å²) in [6, 6.07) is 16.7. The number of anilines is 1. The quantitative estimate of drug-likeness (QED) is 0.785. The Balaban J connectivity index is 1.74. The lowest BCUT2D eigenvalue weighted by Gasteiger charge is -2.36. The molecule has 0 saturated carbocycles. The van der Waals surface area contributed by atoms with E-state index in [0.717, 1.165) is 30.8 Å². The van der Waals surface area contributed by atoms with Crippen molar-refractivity contribution in [2.45, 2.75) is 13.0 Å². The molecule has 1 N–H and O–H groups in total. The van der Waals surface area contributed by atoms with E-state index in [4.69, 9.17) is 4.74 Å². The van der Waals surface area contributed by atoms with Crippen LogP contribution in [0.2, 0.25) is 0 Å². The molecule has 0 spiro atoms. The van der Waals surface area contributed by atoms with Gasteiger partial charge in [0.2, 0.25) is 0 Å². The maximum Gasteiger partial charge on any atom is 0.148 e. The summed E-state index contributed by atoms with van der Waals surface area (Å²) < 4.78 is 5.98. The molecule has 0 radical (unpaired) electrons. The zero-order chi connectivity index (χ0) is 17.9. The Morgan fingerprint density at radius 2 is 2.19 bits per heavy atom. The topological polar surface area (TPSA) is 61.2 Å². The van der Waals surface area contributed by atoms with Crippen molar-refractivity contribution in [1.29, 1.82) is 5.26 Å². The van der Waals surface area contributed by atoms with E-state index in [9.17, 15) is 5.26 Å². The smallest absolute Gasteiger partial charge is 0.148 e. The highest BCUT2D eigenvalue weighted by atomic mass is 16.5. The lowest BCUT2D eigenvalue weighted by atomic mass is 10.1. The molecule has 130 valence electrons. The summed E-state index contributed by atoms with van der Waals surface area (Å²) in [6.07, 6.45) is 3.15. The Bertz CT molecular complexity index is 979. The molecule has 5 nitrogen and oxygen atoms in total. The number of nitrogens with one attached hydrogen (secondary N) is 1. The summed E-state index contributed by atoms with van der Waals surface area (Å²) in [5, 5.41) is 15.0. The van der Waals surface area contributed by atoms with Crippen LogP contribution in [0.4, 0.5) is 5.69 Å². The van der Waals surface area contributed by atoms with Crippen LogP contribution < -0.4 is 15.0 Å². The number of nitrogens with zero attached hydrogens (tertiary/aromatic N) is 3. The molecular formula is C21H20N4O. The molecule has 1 saturated heterocycles. The first-order chi connectivity index (χ1) is 12.8. The molecule has 2 heterocycles. The second-order valence-electron chi connectivity index (χ2n) is 6.49. The van der Waals surface area contributed by atoms with Gasteiger partial charge in [0.05, 0.1) is 0 Å². The van der Waals surface area contributed by atoms with Gasteiger partial charge in [-0.2, -0.15) is 5.26 Å². The molecule has 5 heteroatoms. The normalized spacial score (nSPS) is 17.1. The lowest BCUT2D eigenvalue weighted by molar-refractivity contribution is 0.481. The Morgan fingerprint density at radius 1 is 1.27 bits per heavy atom. The monoisotopic (exact) mass is 344 g/mol. The van der Waals surface area contributed by atoms with Crippen molar-refractivity contribution < 1.29 is 4.74 Å². The highest BCUT2D eigenvalue weighted by Gasteiger charge is 2.20. The van der Waals surface area contributed by atoms with Crippen molar-refractivity contribution >= 4 is 16.5 Å². The molecule has 0 bridgehead atoms. The van der Waals surface area contributed by atoms with Gasteiger partial charge in [-0.3, -0.25) is 4.98 Å². The van der Waals surface area contributed by atoms with Crippen LogP contribution >= 0.6 is 0 Å². The van der Waals surface area contributed by atoms with Crippen molar-refractivity contribution in [3.63, 3.8) is 0 Å². The number of pyridine rings is 1. The van der Waals surface area contributed by atoms with Crippen molar-refractivity contribution in [2.24, 2.45) is 0 Å². The van der Waals surface area contributed by atoms with Crippen LogP contribution in [0.3, 0.4) is 0 Å². The maximum absolute atomic E-state index is 9.23. The van der Waals surface area contributed by atoms with Gasteiger partial charge in [-0.15, -0.1) is 0 Å². The average molecular weight is 344 g/mol. The fourth-order valence-electron chi connectivity index (χ4n) is 3.43. The highest BCUT2D eigenvalue weighted by Crippen LogP contribution is 2.33. The van der Waals surface area contributed by atoms with Crippen LogP contribution in [-0.4, -0.2) is 30.7 Å². The summed E-state index contributed by atoms with van der Waals surface area (Å²) in [7, 11) is 0. The number of aromatic nitrogens is 1. The van der Waals surface area contributed by atoms with E-state index in [1.807, 2.05) is 6.07 Å². The average Bonchev–Trinajstić information content (AvgIpc) is 2.68. The van der Waals surface area contributed by atoms with Gasteiger partial charge < -0.3 is 15.0 Å². The van der Waals surface area contributed by atoms with Crippen molar-refractivity contribution in [1.82, 2.24) is 10.3 Å². The molecule has 3 aromatic rings. The van der Waals surface area contributed by atoms with E-state index in [2.05, 4.69) is 58.5 Å².